The van der Waals surface area contributed by atoms with Crippen molar-refractivity contribution >= 4 is 5.78 Å². The van der Waals surface area contributed by atoms with E-state index in [4.69, 9.17) is 9.47 Å². The van der Waals surface area contributed by atoms with Gasteiger partial charge in [-0.3, -0.25) is 4.79 Å². The Balaban J connectivity index is 2.71. The lowest BCUT2D eigenvalue weighted by Gasteiger charge is -2.24. The van der Waals surface area contributed by atoms with Crippen LogP contribution in [0, 0.1) is 11.8 Å². The number of Topliss-reactive ketones (excluding diaryl/α,β-unsaturated/α-hetero) is 1. The Labute approximate surface area is 135 Å². The van der Waals surface area contributed by atoms with Crippen molar-refractivity contribution in [2.45, 2.75) is 53.2 Å². The number of carbonyl (C=O) groups is 1. The van der Waals surface area contributed by atoms with E-state index in [9.17, 15) is 4.79 Å². The first-order valence-electron chi connectivity index (χ1n) is 8.36. The van der Waals surface area contributed by atoms with Crippen LogP contribution >= 0.6 is 0 Å². The van der Waals surface area contributed by atoms with E-state index in [2.05, 4.69) is 13.8 Å². The quantitative estimate of drug-likeness (QED) is 0.573. The second-order valence-corrected chi connectivity index (χ2v) is 6.03. The van der Waals surface area contributed by atoms with Crippen LogP contribution in [0.5, 0.6) is 0 Å². The highest BCUT2D eigenvalue weighted by Crippen LogP contribution is 2.22. The number of ether oxygens (including phenoxy) is 2. The van der Waals surface area contributed by atoms with Crippen molar-refractivity contribution in [3.63, 3.8) is 0 Å². The topological polar surface area (TPSA) is 35.5 Å². The molecule has 0 fully saturated rings. The summed E-state index contributed by atoms with van der Waals surface area (Å²) in [4.78, 5) is 12.7. The summed E-state index contributed by atoms with van der Waals surface area (Å²) in [5.74, 6) is 0.751. The van der Waals surface area contributed by atoms with Gasteiger partial charge in [0.2, 0.25) is 0 Å². The molecule has 1 aromatic carbocycles. The lowest BCUT2D eigenvalue weighted by atomic mass is 9.87. The molecule has 0 saturated carbocycles. The van der Waals surface area contributed by atoms with Gasteiger partial charge in [0.25, 0.3) is 0 Å². The van der Waals surface area contributed by atoms with Gasteiger partial charge in [-0.25, -0.2) is 0 Å². The Morgan fingerprint density at radius 3 is 2.09 bits per heavy atom. The van der Waals surface area contributed by atoms with E-state index in [0.29, 0.717) is 32.0 Å². The maximum atomic E-state index is 12.7. The van der Waals surface area contributed by atoms with Crippen LogP contribution in [0.1, 0.15) is 46.1 Å². The number of carbonyl (C=O) groups excluding carboxylic acids is 1. The summed E-state index contributed by atoms with van der Waals surface area (Å²) in [6, 6.07) is 9.94. The minimum Gasteiger partial charge on any atom is -0.353 e. The molecule has 0 aliphatic rings. The minimum absolute atomic E-state index is 0.0108. The van der Waals surface area contributed by atoms with Crippen LogP contribution in [-0.2, 0) is 20.7 Å². The average Bonchev–Trinajstić information content (AvgIpc) is 2.47. The molecule has 0 aliphatic carbocycles. The zero-order valence-electron chi connectivity index (χ0n) is 14.4. The molecular formula is C19H30O3. The molecule has 0 radical (unpaired) electrons. The summed E-state index contributed by atoms with van der Waals surface area (Å²) < 4.78 is 11.2. The normalized spacial score (nSPS) is 12.8. The van der Waals surface area contributed by atoms with Crippen molar-refractivity contribution in [3.05, 3.63) is 35.9 Å². The molecule has 0 aliphatic heterocycles. The Morgan fingerprint density at radius 1 is 1.00 bits per heavy atom. The monoisotopic (exact) mass is 306 g/mol. The standard InChI is InChI=1S/C19H30O3/c1-5-21-19(22-6-2)14-17(12-15(3)4)18(20)13-16-10-8-7-9-11-16/h7-11,15,17,19H,5-6,12-14H2,1-4H3. The lowest BCUT2D eigenvalue weighted by molar-refractivity contribution is -0.153. The van der Waals surface area contributed by atoms with Crippen molar-refractivity contribution in [2.75, 3.05) is 13.2 Å². The maximum Gasteiger partial charge on any atom is 0.158 e. The van der Waals surface area contributed by atoms with Crippen molar-refractivity contribution in [2.24, 2.45) is 11.8 Å². The summed E-state index contributed by atoms with van der Waals surface area (Å²) >= 11 is 0. The Hall–Kier alpha value is -1.19. The SMILES string of the molecule is CCOC(CC(CC(C)C)C(=O)Cc1ccccc1)OCC. The molecule has 124 valence electrons. The van der Waals surface area contributed by atoms with E-state index in [1.165, 1.54) is 0 Å². The van der Waals surface area contributed by atoms with Crippen LogP contribution in [0.4, 0.5) is 0 Å². The van der Waals surface area contributed by atoms with E-state index in [0.717, 1.165) is 12.0 Å². The summed E-state index contributed by atoms with van der Waals surface area (Å²) in [5, 5.41) is 0. The molecule has 1 atom stereocenters. The molecule has 3 heteroatoms. The number of hydrogen-bond donors (Lipinski definition) is 0. The van der Waals surface area contributed by atoms with Crippen molar-refractivity contribution in [1.29, 1.82) is 0 Å². The maximum absolute atomic E-state index is 12.7. The first-order chi connectivity index (χ1) is 10.6. The molecule has 1 aromatic rings. The minimum atomic E-state index is -0.279. The fraction of sp³-hybridized carbons (Fsp3) is 0.632. The second-order valence-electron chi connectivity index (χ2n) is 6.03. The highest BCUT2D eigenvalue weighted by Gasteiger charge is 2.24. The van der Waals surface area contributed by atoms with E-state index < -0.39 is 0 Å². The summed E-state index contributed by atoms with van der Waals surface area (Å²) in [5.41, 5.74) is 1.07. The number of hydrogen-bond acceptors (Lipinski definition) is 3. The van der Waals surface area contributed by atoms with Crippen LogP contribution in [0.15, 0.2) is 30.3 Å². The van der Waals surface area contributed by atoms with Gasteiger partial charge < -0.3 is 9.47 Å². The van der Waals surface area contributed by atoms with E-state index in [1.807, 2.05) is 44.2 Å². The fourth-order valence-electron chi connectivity index (χ4n) is 2.66. The molecule has 0 N–H and O–H groups in total. The van der Waals surface area contributed by atoms with Crippen LogP contribution in [-0.4, -0.2) is 25.3 Å². The predicted molar refractivity (Wildman–Crippen MR) is 89.8 cm³/mol. The molecule has 0 saturated heterocycles. The van der Waals surface area contributed by atoms with E-state index in [1.54, 1.807) is 0 Å². The van der Waals surface area contributed by atoms with Crippen molar-refractivity contribution < 1.29 is 14.3 Å². The molecule has 0 aromatic heterocycles. The zero-order valence-corrected chi connectivity index (χ0v) is 14.4. The summed E-state index contributed by atoms with van der Waals surface area (Å²) in [7, 11) is 0. The molecule has 0 spiro atoms. The van der Waals surface area contributed by atoms with Crippen LogP contribution in [0.3, 0.4) is 0 Å². The van der Waals surface area contributed by atoms with Gasteiger partial charge in [0, 0.05) is 32.0 Å². The molecule has 0 amide bonds. The third kappa shape index (κ3) is 7.19. The first-order valence-corrected chi connectivity index (χ1v) is 8.36. The van der Waals surface area contributed by atoms with Gasteiger partial charge in [-0.2, -0.15) is 0 Å². The molecular weight excluding hydrogens is 276 g/mol. The van der Waals surface area contributed by atoms with Gasteiger partial charge in [0.15, 0.2) is 6.29 Å². The predicted octanol–water partition coefficient (Wildman–Crippen LogP) is 4.25. The lowest BCUT2D eigenvalue weighted by Crippen LogP contribution is -2.27. The van der Waals surface area contributed by atoms with Crippen LogP contribution in [0.2, 0.25) is 0 Å². The Morgan fingerprint density at radius 2 is 1.59 bits per heavy atom. The molecule has 0 bridgehead atoms. The Bertz CT molecular complexity index is 408. The van der Waals surface area contributed by atoms with Gasteiger partial charge in [-0.05, 0) is 31.7 Å². The summed E-state index contributed by atoms with van der Waals surface area (Å²) in [6.07, 6.45) is 1.73. The molecule has 3 nitrogen and oxygen atoms in total. The largest absolute Gasteiger partial charge is 0.353 e. The fourth-order valence-corrected chi connectivity index (χ4v) is 2.66. The van der Waals surface area contributed by atoms with Gasteiger partial charge in [0.05, 0.1) is 0 Å². The first kappa shape index (κ1) is 18.9. The molecule has 1 rings (SSSR count). The summed E-state index contributed by atoms with van der Waals surface area (Å²) in [6.45, 7) is 9.42. The number of ketones is 1. The zero-order chi connectivity index (χ0) is 16.4. The van der Waals surface area contributed by atoms with Crippen molar-refractivity contribution in [1.82, 2.24) is 0 Å². The smallest absolute Gasteiger partial charge is 0.158 e. The van der Waals surface area contributed by atoms with Crippen molar-refractivity contribution in [3.8, 4) is 0 Å². The van der Waals surface area contributed by atoms with Crippen LogP contribution < -0.4 is 0 Å². The molecule has 22 heavy (non-hydrogen) atoms. The number of benzene rings is 1. The highest BCUT2D eigenvalue weighted by atomic mass is 16.7. The van der Waals surface area contributed by atoms with Gasteiger partial charge in [-0.1, -0.05) is 44.2 Å². The third-order valence-corrected chi connectivity index (χ3v) is 3.61. The van der Waals surface area contributed by atoms with E-state index >= 15 is 0 Å². The number of rotatable bonds is 11. The van der Waals surface area contributed by atoms with Crippen LogP contribution in [0.25, 0.3) is 0 Å². The van der Waals surface area contributed by atoms with Gasteiger partial charge >= 0.3 is 0 Å². The van der Waals surface area contributed by atoms with E-state index in [-0.39, 0.29) is 18.0 Å². The highest BCUT2D eigenvalue weighted by molar-refractivity contribution is 5.83. The molecule has 1 unspecified atom stereocenters. The molecule has 0 heterocycles. The average molecular weight is 306 g/mol. The van der Waals surface area contributed by atoms with Gasteiger partial charge in [0.1, 0.15) is 5.78 Å². The second kappa shape index (κ2) is 10.5. The Kier molecular flexibility index (Phi) is 9.02. The third-order valence-electron chi connectivity index (χ3n) is 3.61. The van der Waals surface area contributed by atoms with Gasteiger partial charge in [-0.15, -0.1) is 0 Å².